The summed E-state index contributed by atoms with van der Waals surface area (Å²) >= 11 is 1.59. The molecule has 0 spiro atoms. The molecule has 7 heteroatoms. The largest absolute Gasteiger partial charge is 0.351 e. The first kappa shape index (κ1) is 17.7. The summed E-state index contributed by atoms with van der Waals surface area (Å²) in [7, 11) is 0. The second-order valence-corrected chi connectivity index (χ2v) is 7.35. The van der Waals surface area contributed by atoms with E-state index in [9.17, 15) is 9.59 Å². The van der Waals surface area contributed by atoms with Gasteiger partial charge in [-0.25, -0.2) is 0 Å². The van der Waals surface area contributed by atoms with Crippen molar-refractivity contribution >= 4 is 23.2 Å². The van der Waals surface area contributed by atoms with Gasteiger partial charge in [-0.15, -0.1) is 11.3 Å². The highest BCUT2D eigenvalue weighted by atomic mass is 32.1. The van der Waals surface area contributed by atoms with Gasteiger partial charge in [-0.3, -0.25) is 14.7 Å². The maximum Gasteiger partial charge on any atom is 0.272 e. The molecule has 0 radical (unpaired) electrons. The predicted molar refractivity (Wildman–Crippen MR) is 97.6 cm³/mol. The third-order valence-corrected chi connectivity index (χ3v) is 5.35. The summed E-state index contributed by atoms with van der Waals surface area (Å²) in [4.78, 5) is 27.8. The van der Waals surface area contributed by atoms with Crippen molar-refractivity contribution in [2.75, 3.05) is 13.1 Å². The van der Waals surface area contributed by atoms with Crippen LogP contribution >= 0.6 is 11.3 Å². The van der Waals surface area contributed by atoms with Crippen molar-refractivity contribution in [3.8, 4) is 0 Å². The third-order valence-electron chi connectivity index (χ3n) is 4.47. The van der Waals surface area contributed by atoms with Gasteiger partial charge in [-0.05, 0) is 17.9 Å². The minimum Gasteiger partial charge on any atom is -0.351 e. The minimum atomic E-state index is -0.152. The van der Waals surface area contributed by atoms with Crippen molar-refractivity contribution in [1.82, 2.24) is 20.4 Å². The molecule has 25 heavy (non-hydrogen) atoms. The molecule has 2 aromatic heterocycles. The molecule has 2 amide bonds. The number of hydrogen-bond acceptors (Lipinski definition) is 4. The Kier molecular flexibility index (Phi) is 5.86. The van der Waals surface area contributed by atoms with Gasteiger partial charge in [0.05, 0.1) is 6.42 Å². The first-order valence-electron chi connectivity index (χ1n) is 8.83. The number of carbonyl (C=O) groups is 2. The molecule has 0 saturated heterocycles. The average molecular weight is 360 g/mol. The number of thiophene rings is 1. The van der Waals surface area contributed by atoms with Crippen LogP contribution in [0, 0.1) is 0 Å². The molecule has 1 aliphatic heterocycles. The first-order valence-corrected chi connectivity index (χ1v) is 9.71. The molecular weight excluding hydrogens is 336 g/mol. The van der Waals surface area contributed by atoms with E-state index in [2.05, 4.69) is 22.4 Å². The average Bonchev–Trinajstić information content (AvgIpc) is 3.27. The summed E-state index contributed by atoms with van der Waals surface area (Å²) in [6.07, 6.45) is 4.32. The summed E-state index contributed by atoms with van der Waals surface area (Å²) in [6, 6.07) is 3.93. The molecule has 1 aliphatic rings. The Morgan fingerprint density at radius 2 is 2.28 bits per heavy atom. The molecule has 0 atom stereocenters. The van der Waals surface area contributed by atoms with E-state index in [1.807, 2.05) is 22.4 Å². The molecular formula is C18H24N4O2S. The summed E-state index contributed by atoms with van der Waals surface area (Å²) in [5, 5.41) is 12.1. The van der Waals surface area contributed by atoms with Crippen molar-refractivity contribution < 1.29 is 9.59 Å². The van der Waals surface area contributed by atoms with Crippen molar-refractivity contribution in [3.05, 3.63) is 39.3 Å². The topological polar surface area (TPSA) is 78.1 Å². The number of nitrogens with one attached hydrogen (secondary N) is 2. The number of hydrogen-bond donors (Lipinski definition) is 2. The molecule has 0 fully saturated rings. The molecule has 134 valence electrons. The number of nitrogens with zero attached hydrogens (tertiary/aromatic N) is 2. The smallest absolute Gasteiger partial charge is 0.272 e. The molecule has 3 heterocycles. The standard InChI is InChI=1S/C18H24N4O2S/c1-2-3-4-8-19-18(24)17-14-12-22(9-7-15(14)20-21-17)16(23)11-13-6-5-10-25-13/h5-6,10H,2-4,7-9,11-12H2,1H3,(H,19,24)(H,20,21). The summed E-state index contributed by atoms with van der Waals surface area (Å²) in [6.45, 7) is 3.91. The van der Waals surface area contributed by atoms with Crippen molar-refractivity contribution in [2.24, 2.45) is 0 Å². The zero-order valence-corrected chi connectivity index (χ0v) is 15.3. The lowest BCUT2D eigenvalue weighted by molar-refractivity contribution is -0.131. The maximum atomic E-state index is 12.5. The molecule has 3 rings (SSSR count). The van der Waals surface area contributed by atoms with E-state index >= 15 is 0 Å². The van der Waals surface area contributed by atoms with Crippen LogP contribution in [-0.4, -0.2) is 40.0 Å². The van der Waals surface area contributed by atoms with Crippen molar-refractivity contribution in [2.45, 2.75) is 45.6 Å². The molecule has 2 N–H and O–H groups in total. The lowest BCUT2D eigenvalue weighted by Gasteiger charge is -2.27. The zero-order chi connectivity index (χ0) is 17.6. The maximum absolute atomic E-state index is 12.5. The second kappa shape index (κ2) is 8.29. The van der Waals surface area contributed by atoms with Crippen LogP contribution in [0.15, 0.2) is 17.5 Å². The third kappa shape index (κ3) is 4.28. The first-order chi connectivity index (χ1) is 12.2. The predicted octanol–water partition coefficient (Wildman–Crippen LogP) is 2.52. The van der Waals surface area contributed by atoms with E-state index < -0.39 is 0 Å². The number of unbranched alkanes of at least 4 members (excludes halogenated alkanes) is 2. The van der Waals surface area contributed by atoms with E-state index in [0.717, 1.165) is 35.4 Å². The number of aromatic nitrogens is 2. The van der Waals surface area contributed by atoms with Crippen LogP contribution in [-0.2, 0) is 24.2 Å². The van der Waals surface area contributed by atoms with Crippen LogP contribution in [0.25, 0.3) is 0 Å². The van der Waals surface area contributed by atoms with E-state index in [1.54, 1.807) is 11.3 Å². The molecule has 0 aliphatic carbocycles. The Morgan fingerprint density at radius 3 is 3.04 bits per heavy atom. The van der Waals surface area contributed by atoms with Gasteiger partial charge in [0, 0.05) is 42.2 Å². The van der Waals surface area contributed by atoms with Gasteiger partial charge in [0.2, 0.25) is 5.91 Å². The Hall–Kier alpha value is -2.15. The number of amides is 2. The molecule has 2 aromatic rings. The van der Waals surface area contributed by atoms with Gasteiger partial charge in [0.1, 0.15) is 0 Å². The van der Waals surface area contributed by atoms with Gasteiger partial charge >= 0.3 is 0 Å². The molecule has 0 saturated carbocycles. The Labute approximate surface area is 151 Å². The van der Waals surface area contributed by atoms with Crippen LogP contribution < -0.4 is 5.32 Å². The van der Waals surface area contributed by atoms with Gasteiger partial charge in [0.15, 0.2) is 5.69 Å². The van der Waals surface area contributed by atoms with Gasteiger partial charge in [-0.2, -0.15) is 5.10 Å². The molecule has 6 nitrogen and oxygen atoms in total. The van der Waals surface area contributed by atoms with E-state index in [1.165, 1.54) is 0 Å². The zero-order valence-electron chi connectivity index (χ0n) is 14.5. The van der Waals surface area contributed by atoms with Crippen LogP contribution in [0.2, 0.25) is 0 Å². The van der Waals surface area contributed by atoms with Crippen LogP contribution in [0.1, 0.15) is 52.8 Å². The van der Waals surface area contributed by atoms with E-state index in [0.29, 0.717) is 38.2 Å². The summed E-state index contributed by atoms with van der Waals surface area (Å²) in [5.41, 5.74) is 2.26. The second-order valence-electron chi connectivity index (χ2n) is 6.31. The quantitative estimate of drug-likeness (QED) is 0.745. The van der Waals surface area contributed by atoms with Gasteiger partial charge in [0.25, 0.3) is 5.91 Å². The number of aromatic amines is 1. The summed E-state index contributed by atoms with van der Waals surface area (Å²) in [5.74, 6) is -0.0511. The lowest BCUT2D eigenvalue weighted by atomic mass is 10.0. The van der Waals surface area contributed by atoms with E-state index in [-0.39, 0.29) is 11.8 Å². The highest BCUT2D eigenvalue weighted by Crippen LogP contribution is 2.22. The normalized spacial score (nSPS) is 13.6. The number of fused-ring (bicyclic) bond motifs is 1. The fourth-order valence-electron chi connectivity index (χ4n) is 3.03. The van der Waals surface area contributed by atoms with Gasteiger partial charge < -0.3 is 10.2 Å². The minimum absolute atomic E-state index is 0.101. The summed E-state index contributed by atoms with van der Waals surface area (Å²) < 4.78 is 0. The van der Waals surface area contributed by atoms with E-state index in [4.69, 9.17) is 0 Å². The SMILES string of the molecule is CCCCCNC(=O)c1n[nH]c2c1CN(C(=O)Cc1cccs1)CC2. The Bertz CT molecular complexity index is 724. The van der Waals surface area contributed by atoms with Crippen LogP contribution in [0.4, 0.5) is 0 Å². The van der Waals surface area contributed by atoms with Crippen molar-refractivity contribution in [1.29, 1.82) is 0 Å². The Morgan fingerprint density at radius 1 is 1.40 bits per heavy atom. The molecule has 0 unspecified atom stereocenters. The fourth-order valence-corrected chi connectivity index (χ4v) is 3.73. The monoisotopic (exact) mass is 360 g/mol. The molecule has 0 bridgehead atoms. The van der Waals surface area contributed by atoms with Crippen LogP contribution in [0.5, 0.6) is 0 Å². The highest BCUT2D eigenvalue weighted by molar-refractivity contribution is 7.10. The number of rotatable bonds is 7. The highest BCUT2D eigenvalue weighted by Gasteiger charge is 2.27. The van der Waals surface area contributed by atoms with Gasteiger partial charge in [-0.1, -0.05) is 25.8 Å². The van der Waals surface area contributed by atoms with Crippen molar-refractivity contribution in [3.63, 3.8) is 0 Å². The van der Waals surface area contributed by atoms with Crippen LogP contribution in [0.3, 0.4) is 0 Å². The molecule has 0 aromatic carbocycles. The number of carbonyl (C=O) groups excluding carboxylic acids is 2. The fraction of sp³-hybridized carbons (Fsp3) is 0.500. The lowest BCUT2D eigenvalue weighted by Crippen LogP contribution is -2.37. The number of H-pyrrole nitrogens is 1. The Balaban J connectivity index is 1.62.